The predicted molar refractivity (Wildman–Crippen MR) is 220 cm³/mol. The molecular formula is C49H29N5. The summed E-state index contributed by atoms with van der Waals surface area (Å²) in [6.07, 6.45) is 0. The lowest BCUT2D eigenvalue weighted by atomic mass is 9.89. The number of hydrogen-bond donors (Lipinski definition) is 0. The van der Waals surface area contributed by atoms with Gasteiger partial charge in [0.25, 0.3) is 0 Å². The van der Waals surface area contributed by atoms with E-state index in [1.54, 1.807) is 0 Å². The molecule has 0 radical (unpaired) electrons. The second-order valence-corrected chi connectivity index (χ2v) is 13.3. The fourth-order valence-corrected chi connectivity index (χ4v) is 7.55. The normalized spacial score (nSPS) is 11.3. The Balaban J connectivity index is 1.18. The number of benzene rings is 8. The van der Waals surface area contributed by atoms with Gasteiger partial charge in [0.05, 0.1) is 22.8 Å². The van der Waals surface area contributed by atoms with Crippen LogP contribution in [-0.4, -0.2) is 19.9 Å². The number of hydrogen-bond acceptors (Lipinski definition) is 5. The Hall–Kier alpha value is -7.55. The van der Waals surface area contributed by atoms with E-state index in [9.17, 15) is 5.26 Å². The Morgan fingerprint density at radius 2 is 0.815 bits per heavy atom. The molecule has 0 bridgehead atoms. The lowest BCUT2D eigenvalue weighted by molar-refractivity contribution is 1.07. The van der Waals surface area contributed by atoms with E-state index in [0.29, 0.717) is 23.0 Å². The van der Waals surface area contributed by atoms with Crippen LogP contribution in [0.4, 0.5) is 0 Å². The van der Waals surface area contributed by atoms with Crippen LogP contribution in [0.1, 0.15) is 5.56 Å². The fourth-order valence-electron chi connectivity index (χ4n) is 7.55. The van der Waals surface area contributed by atoms with E-state index in [2.05, 4.69) is 97.1 Å². The molecule has 5 nitrogen and oxygen atoms in total. The van der Waals surface area contributed by atoms with Crippen molar-refractivity contribution in [1.82, 2.24) is 19.9 Å². The lowest BCUT2D eigenvalue weighted by Gasteiger charge is -2.17. The van der Waals surface area contributed by atoms with Crippen LogP contribution in [0.5, 0.6) is 0 Å². The highest BCUT2D eigenvalue weighted by molar-refractivity contribution is 6.33. The average Bonchev–Trinajstić information content (AvgIpc) is 3.26. The Bertz CT molecular complexity index is 3040. The van der Waals surface area contributed by atoms with Crippen molar-refractivity contribution in [3.63, 3.8) is 0 Å². The third-order valence-electron chi connectivity index (χ3n) is 10.1. The number of aromatic nitrogens is 4. The van der Waals surface area contributed by atoms with Crippen molar-refractivity contribution >= 4 is 43.2 Å². The molecule has 8 aromatic carbocycles. The summed E-state index contributed by atoms with van der Waals surface area (Å²) in [6, 6.07) is 62.2. The molecule has 54 heavy (non-hydrogen) atoms. The molecule has 0 atom stereocenters. The van der Waals surface area contributed by atoms with Crippen molar-refractivity contribution in [2.75, 3.05) is 0 Å². The van der Waals surface area contributed by atoms with Crippen molar-refractivity contribution in [2.45, 2.75) is 0 Å². The van der Waals surface area contributed by atoms with Crippen LogP contribution in [0.15, 0.2) is 176 Å². The van der Waals surface area contributed by atoms with E-state index >= 15 is 0 Å². The molecule has 0 unspecified atom stereocenters. The minimum Gasteiger partial charge on any atom is -0.247 e. The topological polar surface area (TPSA) is 75.3 Å². The summed E-state index contributed by atoms with van der Waals surface area (Å²) < 4.78 is 0. The van der Waals surface area contributed by atoms with Gasteiger partial charge in [-0.3, -0.25) is 0 Å². The zero-order valence-electron chi connectivity index (χ0n) is 29.0. The molecule has 250 valence electrons. The first-order valence-electron chi connectivity index (χ1n) is 17.9. The Labute approximate surface area is 311 Å². The highest BCUT2D eigenvalue weighted by Crippen LogP contribution is 2.43. The van der Waals surface area contributed by atoms with Crippen molar-refractivity contribution in [1.29, 1.82) is 5.26 Å². The number of pyridine rings is 1. The second-order valence-electron chi connectivity index (χ2n) is 13.3. The fraction of sp³-hybridized carbons (Fsp3) is 0. The SMILES string of the molecule is N#Cc1ccc(-c2nc3cc(-c4cccc(-c5nc(-c6ccccc6)nc(-c6ccccc6)n5)c4)ccc3c3c4ccccc4c4ccccc4c23)cc1. The smallest absolute Gasteiger partial charge is 0.164 e. The average molecular weight is 688 g/mol. The Morgan fingerprint density at radius 1 is 0.333 bits per heavy atom. The Kier molecular flexibility index (Phi) is 7.45. The van der Waals surface area contributed by atoms with Crippen LogP contribution in [-0.2, 0) is 0 Å². The molecule has 2 heterocycles. The van der Waals surface area contributed by atoms with E-state index in [-0.39, 0.29) is 0 Å². The standard InChI is InChI=1S/C49H29N5/c50-30-31-22-24-32(25-23-31)46-45-41-21-10-8-19-39(41)38-18-7-9-20-40(38)44(45)42-27-26-36(29-43(42)51-46)35-16-11-17-37(28-35)49-53-47(33-12-3-1-4-13-33)52-48(54-49)34-14-5-2-6-15-34/h1-29H. The van der Waals surface area contributed by atoms with Crippen LogP contribution < -0.4 is 0 Å². The molecule has 5 heteroatoms. The largest absolute Gasteiger partial charge is 0.247 e. The molecule has 0 aliphatic carbocycles. The number of nitriles is 1. The van der Waals surface area contributed by atoms with Gasteiger partial charge < -0.3 is 0 Å². The van der Waals surface area contributed by atoms with Crippen LogP contribution >= 0.6 is 0 Å². The molecule has 0 saturated carbocycles. The minimum atomic E-state index is 0.607. The van der Waals surface area contributed by atoms with Gasteiger partial charge in [-0.2, -0.15) is 5.26 Å². The second kappa shape index (κ2) is 12.9. The molecule has 0 fully saturated rings. The lowest BCUT2D eigenvalue weighted by Crippen LogP contribution is -2.00. The molecule has 10 aromatic rings. The van der Waals surface area contributed by atoms with Gasteiger partial charge in [0.15, 0.2) is 17.5 Å². The zero-order chi connectivity index (χ0) is 36.0. The van der Waals surface area contributed by atoms with Gasteiger partial charge in [-0.1, -0.05) is 152 Å². The zero-order valence-corrected chi connectivity index (χ0v) is 29.0. The molecule has 0 N–H and O–H groups in total. The van der Waals surface area contributed by atoms with Crippen molar-refractivity contribution < 1.29 is 0 Å². The minimum absolute atomic E-state index is 0.607. The van der Waals surface area contributed by atoms with Crippen molar-refractivity contribution in [3.8, 4) is 62.6 Å². The van der Waals surface area contributed by atoms with Crippen molar-refractivity contribution in [3.05, 3.63) is 181 Å². The Morgan fingerprint density at radius 3 is 1.43 bits per heavy atom. The van der Waals surface area contributed by atoms with Crippen LogP contribution in [0, 0.1) is 11.3 Å². The van der Waals surface area contributed by atoms with E-state index in [4.69, 9.17) is 19.9 Å². The van der Waals surface area contributed by atoms with Crippen LogP contribution in [0.2, 0.25) is 0 Å². The first kappa shape index (κ1) is 31.2. The first-order valence-corrected chi connectivity index (χ1v) is 17.9. The highest BCUT2D eigenvalue weighted by Gasteiger charge is 2.19. The summed E-state index contributed by atoms with van der Waals surface area (Å²) >= 11 is 0. The summed E-state index contributed by atoms with van der Waals surface area (Å²) in [7, 11) is 0. The predicted octanol–water partition coefficient (Wildman–Crippen LogP) is 12.1. The molecule has 0 aliphatic rings. The quantitative estimate of drug-likeness (QED) is 0.168. The van der Waals surface area contributed by atoms with Gasteiger partial charge in [-0.15, -0.1) is 0 Å². The highest BCUT2D eigenvalue weighted by atomic mass is 15.0. The van der Waals surface area contributed by atoms with Gasteiger partial charge >= 0.3 is 0 Å². The van der Waals surface area contributed by atoms with Gasteiger partial charge in [0.1, 0.15) is 0 Å². The third kappa shape index (κ3) is 5.33. The number of rotatable bonds is 5. The summed E-state index contributed by atoms with van der Waals surface area (Å²) in [5.74, 6) is 1.86. The van der Waals surface area contributed by atoms with Crippen molar-refractivity contribution in [2.24, 2.45) is 0 Å². The maximum Gasteiger partial charge on any atom is 0.164 e. The summed E-state index contributed by atoms with van der Waals surface area (Å²) in [6.45, 7) is 0. The van der Waals surface area contributed by atoms with Crippen LogP contribution in [0.3, 0.4) is 0 Å². The van der Waals surface area contributed by atoms with E-state index in [1.165, 1.54) is 21.5 Å². The monoisotopic (exact) mass is 687 g/mol. The molecular weight excluding hydrogens is 659 g/mol. The number of nitrogens with zero attached hydrogens (tertiary/aromatic N) is 5. The molecule has 0 spiro atoms. The van der Waals surface area contributed by atoms with Crippen LogP contribution in [0.25, 0.3) is 99.8 Å². The summed E-state index contributed by atoms with van der Waals surface area (Å²) in [5, 5.41) is 17.6. The van der Waals surface area contributed by atoms with E-state index in [0.717, 1.165) is 60.8 Å². The van der Waals surface area contributed by atoms with Gasteiger partial charge in [0.2, 0.25) is 0 Å². The number of fused-ring (bicyclic) bond motifs is 8. The molecule has 0 amide bonds. The molecule has 2 aromatic heterocycles. The maximum absolute atomic E-state index is 9.56. The van der Waals surface area contributed by atoms with Gasteiger partial charge in [0, 0.05) is 38.4 Å². The van der Waals surface area contributed by atoms with E-state index in [1.807, 2.05) is 84.9 Å². The summed E-state index contributed by atoms with van der Waals surface area (Å²) in [5.41, 5.74) is 8.19. The van der Waals surface area contributed by atoms with Gasteiger partial charge in [-0.05, 0) is 56.9 Å². The molecule has 10 rings (SSSR count). The third-order valence-corrected chi connectivity index (χ3v) is 10.1. The molecule has 0 aliphatic heterocycles. The first-order chi connectivity index (χ1) is 26.7. The van der Waals surface area contributed by atoms with E-state index < -0.39 is 0 Å². The maximum atomic E-state index is 9.56. The van der Waals surface area contributed by atoms with Gasteiger partial charge in [-0.25, -0.2) is 19.9 Å². The molecule has 0 saturated heterocycles. The summed E-state index contributed by atoms with van der Waals surface area (Å²) in [4.78, 5) is 20.3.